The van der Waals surface area contributed by atoms with Crippen molar-refractivity contribution in [2.24, 2.45) is 0 Å². The van der Waals surface area contributed by atoms with Gasteiger partial charge in [-0.3, -0.25) is 0 Å². The van der Waals surface area contributed by atoms with Crippen LogP contribution in [-0.4, -0.2) is 35.2 Å². The minimum Gasteiger partial charge on any atom is -0.399 e. The van der Waals surface area contributed by atoms with E-state index in [1.807, 2.05) is 12.1 Å². The molecule has 0 heterocycles. The molecule has 0 unspecified atom stereocenters. The maximum atomic E-state index is 11.5. The van der Waals surface area contributed by atoms with Crippen LogP contribution in [0.3, 0.4) is 0 Å². The lowest BCUT2D eigenvalue weighted by atomic mass is 10.1. The molecule has 0 aliphatic rings. The Morgan fingerprint density at radius 2 is 1.78 bits per heavy atom. The third-order valence-corrected chi connectivity index (χ3v) is 3.45. The molecule has 0 bridgehead atoms. The molecular formula is C11H19N3O3S. The van der Waals surface area contributed by atoms with Crippen molar-refractivity contribution in [3.8, 4) is 0 Å². The maximum absolute atomic E-state index is 11.5. The molecule has 1 aromatic carbocycles. The lowest BCUT2D eigenvalue weighted by Gasteiger charge is -2.08. The lowest BCUT2D eigenvalue weighted by molar-refractivity contribution is 0.204. The second kappa shape index (κ2) is 7.32. The van der Waals surface area contributed by atoms with Crippen LogP contribution in [0.25, 0.3) is 0 Å². The highest BCUT2D eigenvalue weighted by Crippen LogP contribution is 2.05. The molecule has 0 aliphatic heterocycles. The van der Waals surface area contributed by atoms with Gasteiger partial charge in [0.25, 0.3) is 10.2 Å². The van der Waals surface area contributed by atoms with Gasteiger partial charge in [0, 0.05) is 25.9 Å². The summed E-state index contributed by atoms with van der Waals surface area (Å²) in [5, 5.41) is 0. The molecule has 1 aromatic rings. The highest BCUT2D eigenvalue weighted by atomic mass is 32.2. The number of benzene rings is 1. The number of nitrogens with one attached hydrogen (secondary N) is 2. The third kappa shape index (κ3) is 5.97. The summed E-state index contributed by atoms with van der Waals surface area (Å²) in [7, 11) is -1.92. The summed E-state index contributed by atoms with van der Waals surface area (Å²) in [5.74, 6) is 0. The van der Waals surface area contributed by atoms with Gasteiger partial charge < -0.3 is 10.5 Å². The average molecular weight is 273 g/mol. The van der Waals surface area contributed by atoms with E-state index in [2.05, 4.69) is 9.44 Å². The third-order valence-electron chi connectivity index (χ3n) is 2.28. The van der Waals surface area contributed by atoms with Crippen molar-refractivity contribution in [1.82, 2.24) is 9.44 Å². The molecule has 4 N–H and O–H groups in total. The predicted molar refractivity (Wildman–Crippen MR) is 71.4 cm³/mol. The zero-order chi connectivity index (χ0) is 13.4. The van der Waals surface area contributed by atoms with Crippen molar-refractivity contribution < 1.29 is 13.2 Å². The fourth-order valence-corrected chi connectivity index (χ4v) is 2.17. The molecule has 18 heavy (non-hydrogen) atoms. The van der Waals surface area contributed by atoms with Crippen LogP contribution in [0.15, 0.2) is 24.3 Å². The molecule has 7 heteroatoms. The highest BCUT2D eigenvalue weighted by Gasteiger charge is 2.07. The van der Waals surface area contributed by atoms with Crippen molar-refractivity contribution in [1.29, 1.82) is 0 Å². The lowest BCUT2D eigenvalue weighted by Crippen LogP contribution is -2.39. The molecule has 0 saturated heterocycles. The van der Waals surface area contributed by atoms with E-state index in [0.717, 1.165) is 5.56 Å². The first kappa shape index (κ1) is 14.9. The summed E-state index contributed by atoms with van der Waals surface area (Å²) in [6.45, 7) is 0.943. The molecule has 0 radical (unpaired) electrons. The number of ether oxygens (including phenoxy) is 1. The minimum absolute atomic E-state index is 0.258. The fraction of sp³-hybridized carbons (Fsp3) is 0.455. The molecule has 6 nitrogen and oxygen atoms in total. The van der Waals surface area contributed by atoms with E-state index in [-0.39, 0.29) is 6.54 Å². The van der Waals surface area contributed by atoms with E-state index in [4.69, 9.17) is 10.5 Å². The molecule has 0 atom stereocenters. The van der Waals surface area contributed by atoms with Crippen LogP contribution in [0.4, 0.5) is 5.69 Å². The van der Waals surface area contributed by atoms with E-state index in [0.29, 0.717) is 25.3 Å². The molecule has 0 aromatic heterocycles. The van der Waals surface area contributed by atoms with Crippen LogP contribution in [0.1, 0.15) is 5.56 Å². The first-order chi connectivity index (χ1) is 8.53. The fourth-order valence-electron chi connectivity index (χ4n) is 1.34. The number of hydrogen-bond acceptors (Lipinski definition) is 4. The molecule has 0 spiro atoms. The van der Waals surface area contributed by atoms with E-state index < -0.39 is 10.2 Å². The van der Waals surface area contributed by atoms with Gasteiger partial charge in [0.15, 0.2) is 0 Å². The van der Waals surface area contributed by atoms with Crippen molar-refractivity contribution >= 4 is 15.9 Å². The maximum Gasteiger partial charge on any atom is 0.276 e. The van der Waals surface area contributed by atoms with Crippen LogP contribution >= 0.6 is 0 Å². The van der Waals surface area contributed by atoms with Crippen LogP contribution in [0, 0.1) is 0 Å². The van der Waals surface area contributed by atoms with E-state index in [9.17, 15) is 8.42 Å². The summed E-state index contributed by atoms with van der Waals surface area (Å²) in [5.41, 5.74) is 7.29. The Kier molecular flexibility index (Phi) is 6.06. The SMILES string of the molecule is COCCNS(=O)(=O)NCCc1ccc(N)cc1. The van der Waals surface area contributed by atoms with Gasteiger partial charge in [-0.15, -0.1) is 0 Å². The number of nitrogen functional groups attached to an aromatic ring is 1. The van der Waals surface area contributed by atoms with Gasteiger partial charge in [-0.2, -0.15) is 13.1 Å². The van der Waals surface area contributed by atoms with E-state index >= 15 is 0 Å². The standard InChI is InChI=1S/C11H19N3O3S/c1-17-9-8-14-18(15,16)13-7-6-10-2-4-11(12)5-3-10/h2-5,13-14H,6-9,12H2,1H3. The second-order valence-electron chi connectivity index (χ2n) is 3.78. The first-order valence-corrected chi connectivity index (χ1v) is 7.09. The Morgan fingerprint density at radius 3 is 2.39 bits per heavy atom. The average Bonchev–Trinajstić information content (AvgIpc) is 2.32. The van der Waals surface area contributed by atoms with Crippen LogP contribution in [-0.2, 0) is 21.4 Å². The normalized spacial score (nSPS) is 11.6. The Hall–Kier alpha value is -1.15. The smallest absolute Gasteiger partial charge is 0.276 e. The molecule has 0 fully saturated rings. The molecule has 0 saturated carbocycles. The number of anilines is 1. The van der Waals surface area contributed by atoms with E-state index in [1.165, 1.54) is 7.11 Å². The van der Waals surface area contributed by atoms with Gasteiger partial charge in [0.2, 0.25) is 0 Å². The van der Waals surface area contributed by atoms with Gasteiger partial charge in [-0.1, -0.05) is 12.1 Å². The minimum atomic E-state index is -3.44. The molecular weight excluding hydrogens is 254 g/mol. The van der Waals surface area contributed by atoms with Gasteiger partial charge in [0.1, 0.15) is 0 Å². The summed E-state index contributed by atoms with van der Waals surface area (Å²) in [4.78, 5) is 0. The zero-order valence-electron chi connectivity index (χ0n) is 10.3. The monoisotopic (exact) mass is 273 g/mol. The molecule has 0 amide bonds. The van der Waals surface area contributed by atoms with Gasteiger partial charge in [0.05, 0.1) is 6.61 Å². The van der Waals surface area contributed by atoms with Crippen molar-refractivity contribution in [2.75, 3.05) is 32.5 Å². The molecule has 0 aliphatic carbocycles. The Morgan fingerprint density at radius 1 is 1.17 bits per heavy atom. The Balaban J connectivity index is 2.30. The Bertz CT molecular complexity index is 445. The topological polar surface area (TPSA) is 93.4 Å². The number of methoxy groups -OCH3 is 1. The molecule has 102 valence electrons. The van der Waals surface area contributed by atoms with Gasteiger partial charge in [-0.05, 0) is 24.1 Å². The number of rotatable bonds is 8. The van der Waals surface area contributed by atoms with Gasteiger partial charge >= 0.3 is 0 Å². The summed E-state index contributed by atoms with van der Waals surface area (Å²) in [6.07, 6.45) is 0.617. The predicted octanol–water partition coefficient (Wildman–Crippen LogP) is -0.118. The van der Waals surface area contributed by atoms with Gasteiger partial charge in [-0.25, -0.2) is 4.72 Å². The Labute approximate surface area is 108 Å². The van der Waals surface area contributed by atoms with Crippen molar-refractivity contribution in [2.45, 2.75) is 6.42 Å². The quantitative estimate of drug-likeness (QED) is 0.455. The largest absolute Gasteiger partial charge is 0.399 e. The van der Waals surface area contributed by atoms with Crippen molar-refractivity contribution in [3.63, 3.8) is 0 Å². The number of nitrogens with two attached hydrogens (primary N) is 1. The summed E-state index contributed by atoms with van der Waals surface area (Å²) < 4.78 is 32.5. The number of hydrogen-bond donors (Lipinski definition) is 3. The second-order valence-corrected chi connectivity index (χ2v) is 5.36. The highest BCUT2D eigenvalue weighted by molar-refractivity contribution is 7.87. The van der Waals surface area contributed by atoms with Crippen LogP contribution in [0.5, 0.6) is 0 Å². The van der Waals surface area contributed by atoms with Crippen LogP contribution < -0.4 is 15.2 Å². The summed E-state index contributed by atoms with van der Waals surface area (Å²) >= 11 is 0. The van der Waals surface area contributed by atoms with Crippen LogP contribution in [0.2, 0.25) is 0 Å². The van der Waals surface area contributed by atoms with E-state index in [1.54, 1.807) is 12.1 Å². The summed E-state index contributed by atoms with van der Waals surface area (Å²) in [6, 6.07) is 7.34. The van der Waals surface area contributed by atoms with Crippen molar-refractivity contribution in [3.05, 3.63) is 29.8 Å². The zero-order valence-corrected chi connectivity index (χ0v) is 11.2. The molecule has 1 rings (SSSR count). The first-order valence-electron chi connectivity index (χ1n) is 5.61.